The van der Waals surface area contributed by atoms with Crippen molar-refractivity contribution in [2.75, 3.05) is 6.54 Å². The van der Waals surface area contributed by atoms with Gasteiger partial charge < -0.3 is 10.8 Å². The summed E-state index contributed by atoms with van der Waals surface area (Å²) in [6, 6.07) is 8.11. The molecular formula is C10H15NO. The van der Waals surface area contributed by atoms with Gasteiger partial charge in [-0.15, -0.1) is 0 Å². The van der Waals surface area contributed by atoms with Gasteiger partial charge in [-0.25, -0.2) is 0 Å². The van der Waals surface area contributed by atoms with Gasteiger partial charge in [0.15, 0.2) is 0 Å². The second kappa shape index (κ2) is 4.24. The summed E-state index contributed by atoms with van der Waals surface area (Å²) in [5.41, 5.74) is 7.67. The number of aryl methyl sites for hydroxylation is 1. The molecule has 0 radical (unpaired) electrons. The minimum atomic E-state index is -0.410. The summed E-state index contributed by atoms with van der Waals surface area (Å²) in [5.74, 6) is 0. The van der Waals surface area contributed by atoms with E-state index in [1.807, 2.05) is 25.1 Å². The van der Waals surface area contributed by atoms with E-state index in [9.17, 15) is 5.11 Å². The van der Waals surface area contributed by atoms with Crippen LogP contribution >= 0.6 is 0 Å². The van der Waals surface area contributed by atoms with Crippen molar-refractivity contribution in [3.05, 3.63) is 35.4 Å². The Hall–Kier alpha value is -0.860. The molecule has 0 saturated heterocycles. The standard InChI is InChI=1S/C10H15NO/c1-8-3-2-4-9(5-8)6-10(12)7-11/h2-5,10,12H,6-7,11H2,1H3. The highest BCUT2D eigenvalue weighted by Crippen LogP contribution is 2.06. The molecule has 1 rings (SSSR count). The lowest BCUT2D eigenvalue weighted by atomic mass is 10.1. The largest absolute Gasteiger partial charge is 0.391 e. The van der Waals surface area contributed by atoms with Crippen LogP contribution in [0.15, 0.2) is 24.3 Å². The quantitative estimate of drug-likeness (QED) is 0.697. The van der Waals surface area contributed by atoms with Gasteiger partial charge in [-0.1, -0.05) is 29.8 Å². The molecule has 0 heterocycles. The van der Waals surface area contributed by atoms with Crippen LogP contribution in [0.1, 0.15) is 11.1 Å². The Labute approximate surface area is 73.0 Å². The number of benzene rings is 1. The van der Waals surface area contributed by atoms with Crippen molar-refractivity contribution in [1.82, 2.24) is 0 Å². The zero-order valence-corrected chi connectivity index (χ0v) is 7.33. The maximum absolute atomic E-state index is 9.28. The molecule has 2 heteroatoms. The lowest BCUT2D eigenvalue weighted by molar-refractivity contribution is 0.183. The predicted molar refractivity (Wildman–Crippen MR) is 49.9 cm³/mol. The van der Waals surface area contributed by atoms with Crippen LogP contribution in [0, 0.1) is 6.92 Å². The zero-order valence-electron chi connectivity index (χ0n) is 7.33. The maximum Gasteiger partial charge on any atom is 0.0702 e. The van der Waals surface area contributed by atoms with Crippen molar-refractivity contribution >= 4 is 0 Å². The number of hydrogen-bond donors (Lipinski definition) is 2. The minimum absolute atomic E-state index is 0.327. The number of nitrogens with two attached hydrogens (primary N) is 1. The first-order chi connectivity index (χ1) is 5.72. The molecule has 0 amide bonds. The van der Waals surface area contributed by atoms with Gasteiger partial charge in [0.1, 0.15) is 0 Å². The first-order valence-electron chi connectivity index (χ1n) is 4.16. The van der Waals surface area contributed by atoms with E-state index in [0.717, 1.165) is 5.56 Å². The molecule has 0 fully saturated rings. The van der Waals surface area contributed by atoms with Crippen molar-refractivity contribution in [3.63, 3.8) is 0 Å². The second-order valence-electron chi connectivity index (χ2n) is 3.08. The van der Waals surface area contributed by atoms with Gasteiger partial charge >= 0.3 is 0 Å². The lowest BCUT2D eigenvalue weighted by Gasteiger charge is -2.07. The molecule has 0 aliphatic carbocycles. The first-order valence-corrected chi connectivity index (χ1v) is 4.16. The molecule has 66 valence electrons. The molecule has 1 atom stereocenters. The summed E-state index contributed by atoms with van der Waals surface area (Å²) in [6.07, 6.45) is 0.241. The van der Waals surface area contributed by atoms with Crippen LogP contribution in [0.5, 0.6) is 0 Å². The average Bonchev–Trinajstić information content (AvgIpc) is 2.04. The molecule has 0 aromatic heterocycles. The summed E-state index contributed by atoms with van der Waals surface area (Å²) in [5, 5.41) is 9.28. The van der Waals surface area contributed by atoms with Gasteiger partial charge in [0.25, 0.3) is 0 Å². The van der Waals surface area contributed by atoms with Gasteiger partial charge in [0.2, 0.25) is 0 Å². The Morgan fingerprint density at radius 2 is 2.25 bits per heavy atom. The molecule has 3 N–H and O–H groups in total. The van der Waals surface area contributed by atoms with Gasteiger partial charge in [0.05, 0.1) is 6.10 Å². The van der Waals surface area contributed by atoms with Crippen molar-refractivity contribution in [3.8, 4) is 0 Å². The van der Waals surface area contributed by atoms with Crippen molar-refractivity contribution in [2.45, 2.75) is 19.4 Å². The topological polar surface area (TPSA) is 46.2 Å². The second-order valence-corrected chi connectivity index (χ2v) is 3.08. The van der Waals surface area contributed by atoms with Crippen LogP contribution < -0.4 is 5.73 Å². The Morgan fingerprint density at radius 1 is 1.50 bits per heavy atom. The monoisotopic (exact) mass is 165 g/mol. The van der Waals surface area contributed by atoms with E-state index in [1.54, 1.807) is 0 Å². The number of aliphatic hydroxyl groups excluding tert-OH is 1. The molecule has 1 unspecified atom stereocenters. The Bertz CT molecular complexity index is 247. The summed E-state index contributed by atoms with van der Waals surface area (Å²) in [4.78, 5) is 0. The van der Waals surface area contributed by atoms with Crippen LogP contribution in [-0.4, -0.2) is 17.8 Å². The third kappa shape index (κ3) is 2.64. The van der Waals surface area contributed by atoms with E-state index in [4.69, 9.17) is 5.73 Å². The summed E-state index contributed by atoms with van der Waals surface area (Å²) >= 11 is 0. The molecule has 1 aromatic rings. The molecular weight excluding hydrogens is 150 g/mol. The van der Waals surface area contributed by atoms with Crippen LogP contribution in [0.3, 0.4) is 0 Å². The van der Waals surface area contributed by atoms with E-state index >= 15 is 0 Å². The molecule has 1 aromatic carbocycles. The fourth-order valence-electron chi connectivity index (χ4n) is 1.19. The minimum Gasteiger partial charge on any atom is -0.391 e. The SMILES string of the molecule is Cc1cccc(CC(O)CN)c1. The average molecular weight is 165 g/mol. The van der Waals surface area contributed by atoms with Crippen molar-refractivity contribution < 1.29 is 5.11 Å². The Kier molecular flexibility index (Phi) is 3.26. The van der Waals surface area contributed by atoms with E-state index < -0.39 is 6.10 Å². The summed E-state index contributed by atoms with van der Waals surface area (Å²) in [7, 11) is 0. The summed E-state index contributed by atoms with van der Waals surface area (Å²) in [6.45, 7) is 2.37. The first kappa shape index (κ1) is 9.23. The highest BCUT2D eigenvalue weighted by molar-refractivity contribution is 5.22. The fourth-order valence-corrected chi connectivity index (χ4v) is 1.19. The Balaban J connectivity index is 2.63. The smallest absolute Gasteiger partial charge is 0.0702 e. The number of hydrogen-bond acceptors (Lipinski definition) is 2. The van der Waals surface area contributed by atoms with E-state index in [1.165, 1.54) is 5.56 Å². The predicted octanol–water partition coefficient (Wildman–Crippen LogP) is 0.857. The molecule has 0 aliphatic heterocycles. The maximum atomic E-state index is 9.28. The zero-order chi connectivity index (χ0) is 8.97. The van der Waals surface area contributed by atoms with Gasteiger partial charge in [0, 0.05) is 6.54 Å². The normalized spacial score (nSPS) is 12.9. The van der Waals surface area contributed by atoms with E-state index in [-0.39, 0.29) is 0 Å². The molecule has 2 nitrogen and oxygen atoms in total. The van der Waals surface area contributed by atoms with Gasteiger partial charge in [-0.05, 0) is 18.9 Å². The number of rotatable bonds is 3. The molecule has 0 spiro atoms. The third-order valence-corrected chi connectivity index (χ3v) is 1.83. The molecule has 12 heavy (non-hydrogen) atoms. The van der Waals surface area contributed by atoms with Crippen molar-refractivity contribution in [2.24, 2.45) is 5.73 Å². The van der Waals surface area contributed by atoms with Gasteiger partial charge in [-0.2, -0.15) is 0 Å². The summed E-state index contributed by atoms with van der Waals surface area (Å²) < 4.78 is 0. The number of aliphatic hydroxyl groups is 1. The van der Waals surface area contributed by atoms with Crippen LogP contribution in [0.4, 0.5) is 0 Å². The molecule has 0 saturated carbocycles. The van der Waals surface area contributed by atoms with Gasteiger partial charge in [-0.3, -0.25) is 0 Å². The third-order valence-electron chi connectivity index (χ3n) is 1.83. The van der Waals surface area contributed by atoms with Crippen LogP contribution in [0.25, 0.3) is 0 Å². The molecule has 0 bridgehead atoms. The highest BCUT2D eigenvalue weighted by atomic mass is 16.3. The van der Waals surface area contributed by atoms with Crippen LogP contribution in [-0.2, 0) is 6.42 Å². The van der Waals surface area contributed by atoms with E-state index in [0.29, 0.717) is 13.0 Å². The highest BCUT2D eigenvalue weighted by Gasteiger charge is 2.01. The lowest BCUT2D eigenvalue weighted by Crippen LogP contribution is -2.21. The molecule has 0 aliphatic rings. The van der Waals surface area contributed by atoms with Crippen LogP contribution in [0.2, 0.25) is 0 Å². The van der Waals surface area contributed by atoms with E-state index in [2.05, 4.69) is 6.07 Å². The fraction of sp³-hybridized carbons (Fsp3) is 0.400. The Morgan fingerprint density at radius 3 is 2.83 bits per heavy atom. The van der Waals surface area contributed by atoms with Crippen molar-refractivity contribution in [1.29, 1.82) is 0 Å².